The van der Waals surface area contributed by atoms with E-state index in [1.165, 1.54) is 0 Å². The number of nitro groups is 1. The summed E-state index contributed by atoms with van der Waals surface area (Å²) in [4.78, 5) is 52.7. The van der Waals surface area contributed by atoms with Crippen LogP contribution in [-0.2, 0) is 24.2 Å². The largest absolute Gasteiger partial charge is 0.300 e. The average Bonchev–Trinajstić information content (AvgIpc) is 3.56. The zero-order valence-corrected chi connectivity index (χ0v) is 18.4. The molecule has 0 spiro atoms. The number of aromatic nitrogens is 1. The van der Waals surface area contributed by atoms with E-state index >= 15 is 0 Å². The Kier molecular flexibility index (Phi) is 4.90. The number of hydrogen-bond acceptors (Lipinski definition) is 9. The van der Waals surface area contributed by atoms with E-state index in [0.29, 0.717) is 11.3 Å². The van der Waals surface area contributed by atoms with Crippen LogP contribution in [0.25, 0.3) is 0 Å². The first-order chi connectivity index (χ1) is 15.7. The molecule has 5 rings (SSSR count). The third kappa shape index (κ3) is 3.43. The quantitative estimate of drug-likeness (QED) is 0.278. The summed E-state index contributed by atoms with van der Waals surface area (Å²) in [7, 11) is -4.00. The first-order valence-corrected chi connectivity index (χ1v) is 12.3. The molecule has 13 heteroatoms. The number of sulfone groups is 1. The Morgan fingerprint density at radius 2 is 1.76 bits per heavy atom. The maximum absolute atomic E-state index is 12.7. The lowest BCUT2D eigenvalue weighted by molar-refractivity contribution is -0.384. The minimum absolute atomic E-state index is 0.0125. The fourth-order valence-corrected chi connectivity index (χ4v) is 7.18. The van der Waals surface area contributed by atoms with Crippen molar-refractivity contribution in [2.24, 2.45) is 23.7 Å². The van der Waals surface area contributed by atoms with Crippen molar-refractivity contribution in [3.05, 3.63) is 52.7 Å². The van der Waals surface area contributed by atoms with E-state index in [1.807, 2.05) is 12.2 Å². The van der Waals surface area contributed by atoms with E-state index in [4.69, 9.17) is 0 Å². The van der Waals surface area contributed by atoms with Crippen molar-refractivity contribution in [2.45, 2.75) is 15.5 Å². The van der Waals surface area contributed by atoms with Gasteiger partial charge in [0.25, 0.3) is 5.69 Å². The Labute approximate surface area is 191 Å². The molecule has 2 aliphatic carbocycles. The second-order valence-corrected chi connectivity index (χ2v) is 11.3. The molecule has 1 aromatic heterocycles. The summed E-state index contributed by atoms with van der Waals surface area (Å²) in [5.41, 5.74) is -0.245. The number of nitro benzene ring substituents is 1. The fraction of sp³-hybridized carbons (Fsp3) is 0.300. The summed E-state index contributed by atoms with van der Waals surface area (Å²) in [6, 6.07) is 4.40. The van der Waals surface area contributed by atoms with Crippen LogP contribution < -0.4 is 5.32 Å². The zero-order chi connectivity index (χ0) is 23.5. The summed E-state index contributed by atoms with van der Waals surface area (Å²) in [5, 5.41) is 13.2. The van der Waals surface area contributed by atoms with Crippen LogP contribution in [0.15, 0.2) is 51.7 Å². The fourth-order valence-electron chi connectivity index (χ4n) is 4.73. The van der Waals surface area contributed by atoms with Crippen LogP contribution in [0.4, 0.5) is 10.8 Å². The lowest BCUT2D eigenvalue weighted by Gasteiger charge is -2.16. The maximum Gasteiger partial charge on any atom is 0.269 e. The van der Waals surface area contributed by atoms with Crippen molar-refractivity contribution in [1.29, 1.82) is 0 Å². The summed E-state index contributed by atoms with van der Waals surface area (Å²) in [6.45, 7) is -0.464. The summed E-state index contributed by atoms with van der Waals surface area (Å²) in [6.07, 6.45) is 5.78. The number of fused-ring (bicyclic) bond motifs is 5. The van der Waals surface area contributed by atoms with E-state index in [2.05, 4.69) is 10.3 Å². The molecule has 1 saturated heterocycles. The topological polar surface area (TPSA) is 157 Å². The first kappa shape index (κ1) is 21.4. The second-order valence-electron chi connectivity index (χ2n) is 8.05. The van der Waals surface area contributed by atoms with Gasteiger partial charge in [0.05, 0.1) is 27.9 Å². The van der Waals surface area contributed by atoms with E-state index in [0.717, 1.165) is 41.8 Å². The van der Waals surface area contributed by atoms with Gasteiger partial charge < -0.3 is 5.32 Å². The van der Waals surface area contributed by atoms with E-state index in [1.54, 1.807) is 0 Å². The van der Waals surface area contributed by atoms with E-state index in [9.17, 15) is 32.9 Å². The monoisotopic (exact) mass is 488 g/mol. The number of benzene rings is 1. The lowest BCUT2D eigenvalue weighted by atomic mass is 9.85. The van der Waals surface area contributed by atoms with Crippen molar-refractivity contribution in [1.82, 2.24) is 9.88 Å². The second kappa shape index (κ2) is 7.56. The molecular formula is C20H16N4O7S2. The van der Waals surface area contributed by atoms with Gasteiger partial charge in [-0.05, 0) is 30.4 Å². The number of imide groups is 1. The Balaban J connectivity index is 1.26. The maximum atomic E-state index is 12.7. The first-order valence-electron chi connectivity index (χ1n) is 9.95. The molecule has 2 bridgehead atoms. The predicted molar refractivity (Wildman–Crippen MR) is 114 cm³/mol. The third-order valence-electron chi connectivity index (χ3n) is 6.22. The van der Waals surface area contributed by atoms with Gasteiger partial charge in [0, 0.05) is 12.1 Å². The summed E-state index contributed by atoms with van der Waals surface area (Å²) < 4.78 is 25.3. The molecule has 4 unspecified atom stereocenters. The van der Waals surface area contributed by atoms with E-state index in [-0.39, 0.29) is 43.6 Å². The Hall–Kier alpha value is -3.45. The molecule has 2 fully saturated rings. The molecule has 11 nitrogen and oxygen atoms in total. The number of carbonyl (C=O) groups is 3. The number of hydrogen-bond donors (Lipinski definition) is 1. The van der Waals surface area contributed by atoms with Gasteiger partial charge in [-0.15, -0.1) is 0 Å². The number of likely N-dealkylation sites (tertiary alicyclic amines) is 1. The Bertz CT molecular complexity index is 1300. The summed E-state index contributed by atoms with van der Waals surface area (Å²) >= 11 is 0.697. The van der Waals surface area contributed by atoms with Crippen LogP contribution in [0, 0.1) is 33.8 Å². The van der Waals surface area contributed by atoms with Gasteiger partial charge >= 0.3 is 0 Å². The van der Waals surface area contributed by atoms with E-state index < -0.39 is 39.0 Å². The number of carbonyl (C=O) groups excluding carboxylic acids is 3. The van der Waals surface area contributed by atoms with Gasteiger partial charge in [-0.2, -0.15) is 0 Å². The van der Waals surface area contributed by atoms with Crippen LogP contribution >= 0.6 is 11.3 Å². The highest BCUT2D eigenvalue weighted by atomic mass is 32.2. The normalized spacial score (nSPS) is 25.5. The highest BCUT2D eigenvalue weighted by molar-refractivity contribution is 7.93. The molecule has 2 heterocycles. The van der Waals surface area contributed by atoms with Gasteiger partial charge in [0.1, 0.15) is 10.8 Å². The van der Waals surface area contributed by atoms with Crippen LogP contribution in [0.2, 0.25) is 0 Å². The van der Waals surface area contributed by atoms with Crippen molar-refractivity contribution >= 4 is 49.7 Å². The SMILES string of the molecule is O=C(CN1C(=O)C2C3C=CC(C3)C2C1=O)Nc1ncc(S(=O)(=O)c2ccc([N+](=O)[O-])cc2)s1. The zero-order valence-electron chi connectivity index (χ0n) is 16.8. The average molecular weight is 489 g/mol. The molecule has 2 aromatic rings. The molecule has 33 heavy (non-hydrogen) atoms. The smallest absolute Gasteiger partial charge is 0.269 e. The molecule has 1 aromatic carbocycles. The third-order valence-corrected chi connectivity index (χ3v) is 9.36. The van der Waals surface area contributed by atoms with Crippen LogP contribution in [0.3, 0.4) is 0 Å². The standard InChI is InChI=1S/C20H16N4O7S2/c25-14(9-23-18(26)16-10-1-2-11(7-10)17(16)19(23)27)22-20-21-8-15(32-20)33(30,31)13-5-3-12(4-6-13)24(28)29/h1-6,8,10-11,16-17H,7,9H2,(H,21,22,25). The predicted octanol–water partition coefficient (Wildman–Crippen LogP) is 1.63. The Morgan fingerprint density at radius 3 is 2.33 bits per heavy atom. The van der Waals surface area contributed by atoms with Crippen LogP contribution in [0.1, 0.15) is 6.42 Å². The number of nitrogens with zero attached hydrogens (tertiary/aromatic N) is 3. The van der Waals surface area contributed by atoms with Crippen molar-refractivity contribution in [2.75, 3.05) is 11.9 Å². The number of anilines is 1. The van der Waals surface area contributed by atoms with Gasteiger partial charge in [0.2, 0.25) is 27.6 Å². The van der Waals surface area contributed by atoms with Crippen LogP contribution in [-0.4, -0.2) is 47.5 Å². The van der Waals surface area contributed by atoms with Crippen molar-refractivity contribution in [3.8, 4) is 0 Å². The molecular weight excluding hydrogens is 472 g/mol. The highest BCUT2D eigenvalue weighted by Gasteiger charge is 2.59. The number of non-ortho nitro benzene ring substituents is 1. The number of thiazole rings is 1. The molecule has 1 aliphatic heterocycles. The molecule has 3 amide bonds. The lowest BCUT2D eigenvalue weighted by Crippen LogP contribution is -2.39. The van der Waals surface area contributed by atoms with Gasteiger partial charge in [-0.3, -0.25) is 29.4 Å². The molecule has 1 N–H and O–H groups in total. The minimum Gasteiger partial charge on any atom is -0.300 e. The minimum atomic E-state index is -4.00. The molecule has 0 radical (unpaired) electrons. The highest BCUT2D eigenvalue weighted by Crippen LogP contribution is 2.52. The number of rotatable bonds is 6. The van der Waals surface area contributed by atoms with Gasteiger partial charge in [-0.1, -0.05) is 23.5 Å². The molecule has 170 valence electrons. The van der Waals surface area contributed by atoms with Gasteiger partial charge in [0.15, 0.2) is 5.13 Å². The Morgan fingerprint density at radius 1 is 1.15 bits per heavy atom. The van der Waals surface area contributed by atoms with Crippen molar-refractivity contribution < 1.29 is 27.7 Å². The summed E-state index contributed by atoms with van der Waals surface area (Å²) in [5.74, 6) is -2.09. The number of amides is 3. The van der Waals surface area contributed by atoms with Crippen LogP contribution in [0.5, 0.6) is 0 Å². The molecule has 4 atom stereocenters. The van der Waals surface area contributed by atoms with Crippen molar-refractivity contribution in [3.63, 3.8) is 0 Å². The molecule has 1 saturated carbocycles. The number of allylic oxidation sites excluding steroid dienone is 2. The number of nitrogens with one attached hydrogen (secondary N) is 1. The van der Waals surface area contributed by atoms with Gasteiger partial charge in [-0.25, -0.2) is 13.4 Å². The molecule has 3 aliphatic rings.